The van der Waals surface area contributed by atoms with Crippen LogP contribution in [-0.4, -0.2) is 8.42 Å². The van der Waals surface area contributed by atoms with Crippen LogP contribution in [0, 0.1) is 6.92 Å². The minimum absolute atomic E-state index is 0.218. The molecule has 0 unspecified atom stereocenters. The zero-order valence-corrected chi connectivity index (χ0v) is 11.9. The van der Waals surface area contributed by atoms with Crippen LogP contribution in [0.3, 0.4) is 0 Å². The normalized spacial score (nSPS) is 11.5. The van der Waals surface area contributed by atoms with Crippen LogP contribution in [0.25, 0.3) is 11.1 Å². The molecule has 0 spiro atoms. The van der Waals surface area contributed by atoms with E-state index in [-0.39, 0.29) is 4.90 Å². The summed E-state index contributed by atoms with van der Waals surface area (Å²) >= 11 is 0. The van der Waals surface area contributed by atoms with Crippen molar-refractivity contribution < 1.29 is 8.42 Å². The van der Waals surface area contributed by atoms with Crippen LogP contribution >= 0.6 is 0 Å². The summed E-state index contributed by atoms with van der Waals surface area (Å²) in [4.78, 5) is 0.218. The summed E-state index contributed by atoms with van der Waals surface area (Å²) in [6.07, 6.45) is 0.621. The molecule has 19 heavy (non-hydrogen) atoms. The van der Waals surface area contributed by atoms with E-state index in [2.05, 4.69) is 0 Å². The van der Waals surface area contributed by atoms with Gasteiger partial charge in [0.1, 0.15) is 0 Å². The molecule has 0 saturated heterocycles. The molecule has 2 aromatic rings. The van der Waals surface area contributed by atoms with Crippen molar-refractivity contribution in [1.82, 2.24) is 0 Å². The minimum Gasteiger partial charge on any atom is -0.225 e. The highest BCUT2D eigenvalue weighted by atomic mass is 32.2. The molecule has 0 amide bonds. The van der Waals surface area contributed by atoms with Crippen molar-refractivity contribution in [3.8, 4) is 11.1 Å². The summed E-state index contributed by atoms with van der Waals surface area (Å²) in [5.74, 6) is 0. The van der Waals surface area contributed by atoms with Gasteiger partial charge in [-0.05, 0) is 41.7 Å². The highest BCUT2D eigenvalue weighted by molar-refractivity contribution is 7.89. The molecule has 0 aliphatic heterocycles. The average Bonchev–Trinajstić information content (AvgIpc) is 2.37. The number of benzene rings is 2. The number of rotatable bonds is 3. The van der Waals surface area contributed by atoms with Crippen LogP contribution in [0.2, 0.25) is 0 Å². The molecule has 0 bridgehead atoms. The topological polar surface area (TPSA) is 60.2 Å². The summed E-state index contributed by atoms with van der Waals surface area (Å²) < 4.78 is 23.3. The van der Waals surface area contributed by atoms with Gasteiger partial charge in [0.2, 0.25) is 10.0 Å². The Hall–Kier alpha value is -1.65. The number of sulfonamides is 1. The van der Waals surface area contributed by atoms with Crippen molar-refractivity contribution in [2.24, 2.45) is 5.14 Å². The molecule has 100 valence electrons. The number of aryl methyl sites for hydroxylation is 1. The van der Waals surface area contributed by atoms with E-state index in [1.54, 1.807) is 12.1 Å². The van der Waals surface area contributed by atoms with Crippen LogP contribution < -0.4 is 5.14 Å². The summed E-state index contributed by atoms with van der Waals surface area (Å²) in [6, 6.07) is 13.2. The van der Waals surface area contributed by atoms with Gasteiger partial charge in [0.05, 0.1) is 4.90 Å². The quantitative estimate of drug-likeness (QED) is 0.936. The van der Waals surface area contributed by atoms with Gasteiger partial charge in [-0.25, -0.2) is 13.6 Å². The second kappa shape index (κ2) is 5.15. The molecule has 2 rings (SSSR count). The molecule has 0 aliphatic carbocycles. The molecule has 4 heteroatoms. The molecule has 0 fully saturated rings. The molecule has 0 aliphatic rings. The van der Waals surface area contributed by atoms with Crippen LogP contribution in [0.1, 0.15) is 18.1 Å². The highest BCUT2D eigenvalue weighted by Gasteiger charge is 2.17. The molecular formula is C15H17NO2S. The maximum atomic E-state index is 11.7. The predicted octanol–water partition coefficient (Wildman–Crippen LogP) is 2.87. The molecule has 0 radical (unpaired) electrons. The Bertz CT molecular complexity index is 706. The lowest BCUT2D eigenvalue weighted by Crippen LogP contribution is -2.15. The van der Waals surface area contributed by atoms with E-state index < -0.39 is 10.0 Å². The van der Waals surface area contributed by atoms with E-state index >= 15 is 0 Å². The van der Waals surface area contributed by atoms with Crippen LogP contribution in [0.5, 0.6) is 0 Å². The van der Waals surface area contributed by atoms with Gasteiger partial charge in [0.15, 0.2) is 0 Å². The standard InChI is InChI=1S/C15H17NO2S/c1-3-12-14(13-8-5-4-7-11(13)2)9-6-10-15(12)19(16,17)18/h4-10H,3H2,1-2H3,(H2,16,17,18). The fourth-order valence-electron chi connectivity index (χ4n) is 2.32. The van der Waals surface area contributed by atoms with Gasteiger partial charge in [0.25, 0.3) is 0 Å². The van der Waals surface area contributed by atoms with E-state index in [0.29, 0.717) is 6.42 Å². The number of hydrogen-bond donors (Lipinski definition) is 1. The summed E-state index contributed by atoms with van der Waals surface area (Å²) in [5.41, 5.74) is 3.88. The first-order chi connectivity index (χ1) is 8.95. The Morgan fingerprint density at radius 3 is 2.21 bits per heavy atom. The van der Waals surface area contributed by atoms with Crippen molar-refractivity contribution in [2.45, 2.75) is 25.2 Å². The van der Waals surface area contributed by atoms with Gasteiger partial charge in [-0.1, -0.05) is 43.3 Å². The fourth-order valence-corrected chi connectivity index (χ4v) is 3.19. The third kappa shape index (κ3) is 2.69. The Morgan fingerprint density at radius 2 is 1.63 bits per heavy atom. The van der Waals surface area contributed by atoms with E-state index in [4.69, 9.17) is 5.14 Å². The monoisotopic (exact) mass is 275 g/mol. The Balaban J connectivity index is 2.76. The Morgan fingerprint density at radius 1 is 1.00 bits per heavy atom. The Kier molecular flexibility index (Phi) is 3.73. The molecule has 0 atom stereocenters. The van der Waals surface area contributed by atoms with Gasteiger partial charge in [-0.15, -0.1) is 0 Å². The molecule has 2 aromatic carbocycles. The SMILES string of the molecule is CCc1c(-c2ccccc2C)cccc1S(N)(=O)=O. The van der Waals surface area contributed by atoms with Crippen molar-refractivity contribution >= 4 is 10.0 Å². The lowest BCUT2D eigenvalue weighted by atomic mass is 9.95. The van der Waals surface area contributed by atoms with E-state index in [0.717, 1.165) is 22.3 Å². The second-order valence-corrected chi connectivity index (χ2v) is 6.03. The van der Waals surface area contributed by atoms with Gasteiger partial charge in [0, 0.05) is 0 Å². The minimum atomic E-state index is -3.69. The zero-order valence-electron chi connectivity index (χ0n) is 11.1. The fraction of sp³-hybridized carbons (Fsp3) is 0.200. The van der Waals surface area contributed by atoms with E-state index in [1.165, 1.54) is 0 Å². The smallest absolute Gasteiger partial charge is 0.225 e. The van der Waals surface area contributed by atoms with Gasteiger partial charge in [-0.3, -0.25) is 0 Å². The largest absolute Gasteiger partial charge is 0.238 e. The molecule has 0 aromatic heterocycles. The van der Waals surface area contributed by atoms with Crippen molar-refractivity contribution in [3.05, 3.63) is 53.6 Å². The molecule has 3 nitrogen and oxygen atoms in total. The maximum Gasteiger partial charge on any atom is 0.238 e. The van der Waals surface area contributed by atoms with Crippen molar-refractivity contribution in [1.29, 1.82) is 0 Å². The predicted molar refractivity (Wildman–Crippen MR) is 77.4 cm³/mol. The average molecular weight is 275 g/mol. The molecule has 0 saturated carbocycles. The zero-order chi connectivity index (χ0) is 14.0. The molecule has 2 N–H and O–H groups in total. The highest BCUT2D eigenvalue weighted by Crippen LogP contribution is 2.30. The lowest BCUT2D eigenvalue weighted by Gasteiger charge is -2.14. The maximum absolute atomic E-state index is 11.7. The van der Waals surface area contributed by atoms with Crippen LogP contribution in [-0.2, 0) is 16.4 Å². The van der Waals surface area contributed by atoms with Crippen molar-refractivity contribution in [3.63, 3.8) is 0 Å². The Labute approximate surface area is 114 Å². The molecular weight excluding hydrogens is 258 g/mol. The second-order valence-electron chi connectivity index (χ2n) is 4.50. The van der Waals surface area contributed by atoms with Crippen LogP contribution in [0.4, 0.5) is 0 Å². The summed E-state index contributed by atoms with van der Waals surface area (Å²) in [6.45, 7) is 3.95. The first-order valence-corrected chi connectivity index (χ1v) is 7.70. The van der Waals surface area contributed by atoms with Gasteiger partial charge >= 0.3 is 0 Å². The summed E-state index contributed by atoms with van der Waals surface area (Å²) in [5, 5.41) is 5.29. The third-order valence-electron chi connectivity index (χ3n) is 3.23. The number of primary sulfonamides is 1. The third-order valence-corrected chi connectivity index (χ3v) is 4.22. The van der Waals surface area contributed by atoms with E-state index in [1.807, 2.05) is 44.2 Å². The lowest BCUT2D eigenvalue weighted by molar-refractivity contribution is 0.597. The first kappa shape index (κ1) is 13.8. The molecule has 0 heterocycles. The van der Waals surface area contributed by atoms with Crippen LogP contribution in [0.15, 0.2) is 47.4 Å². The first-order valence-electron chi connectivity index (χ1n) is 6.16. The van der Waals surface area contributed by atoms with E-state index in [9.17, 15) is 8.42 Å². The summed E-state index contributed by atoms with van der Waals surface area (Å²) in [7, 11) is -3.69. The number of hydrogen-bond acceptors (Lipinski definition) is 2. The van der Waals surface area contributed by atoms with Gasteiger partial charge in [-0.2, -0.15) is 0 Å². The van der Waals surface area contributed by atoms with Gasteiger partial charge < -0.3 is 0 Å². The van der Waals surface area contributed by atoms with Crippen molar-refractivity contribution in [2.75, 3.05) is 0 Å². The number of nitrogens with two attached hydrogens (primary N) is 1.